The maximum Gasteiger partial charge on any atom is 0.312 e. The van der Waals surface area contributed by atoms with E-state index < -0.39 is 5.41 Å². The zero-order valence-corrected chi connectivity index (χ0v) is 12.5. The molecule has 0 fully saturated rings. The number of ether oxygens (including phenoxy) is 1. The zero-order valence-electron chi connectivity index (χ0n) is 10.9. The molecule has 0 atom stereocenters. The second-order valence-electron chi connectivity index (χ2n) is 4.51. The molecule has 0 aliphatic carbocycles. The first kappa shape index (κ1) is 14.1. The van der Waals surface area contributed by atoms with Crippen LogP contribution in [-0.4, -0.2) is 29.0 Å². The number of carbonyl (C=O) groups excluding carboxylic acids is 1. The fraction of sp³-hybridized carbons (Fsp3) is 0.417. The molecular formula is C12H14N2O3S2. The molecule has 0 saturated heterocycles. The van der Waals surface area contributed by atoms with Gasteiger partial charge in [-0.1, -0.05) is 17.8 Å². The SMILES string of the molecule is COC(=O)C(C)(C)CSc1nnc(-c2cccs2)o1. The number of hydrogen-bond donors (Lipinski definition) is 0. The normalized spacial score (nSPS) is 11.5. The van der Waals surface area contributed by atoms with Crippen molar-refractivity contribution in [1.29, 1.82) is 0 Å². The van der Waals surface area contributed by atoms with Gasteiger partial charge in [-0.3, -0.25) is 4.79 Å². The van der Waals surface area contributed by atoms with Gasteiger partial charge in [0.15, 0.2) is 0 Å². The molecule has 2 heterocycles. The van der Waals surface area contributed by atoms with Crippen LogP contribution in [0.4, 0.5) is 0 Å². The largest absolute Gasteiger partial charge is 0.469 e. The van der Waals surface area contributed by atoms with Crippen molar-refractivity contribution < 1.29 is 13.9 Å². The lowest BCUT2D eigenvalue weighted by atomic mass is 9.97. The number of nitrogens with zero attached hydrogens (tertiary/aromatic N) is 2. The predicted octanol–water partition coefficient (Wildman–Crippen LogP) is 3.09. The summed E-state index contributed by atoms with van der Waals surface area (Å²) in [6.45, 7) is 3.64. The van der Waals surface area contributed by atoms with Gasteiger partial charge in [0.1, 0.15) is 0 Å². The van der Waals surface area contributed by atoms with Crippen LogP contribution in [-0.2, 0) is 9.53 Å². The van der Waals surface area contributed by atoms with E-state index in [2.05, 4.69) is 10.2 Å². The molecule has 2 aromatic rings. The summed E-state index contributed by atoms with van der Waals surface area (Å²) in [6, 6.07) is 3.85. The third-order valence-corrected chi connectivity index (χ3v) is 4.57. The van der Waals surface area contributed by atoms with Crippen molar-refractivity contribution in [1.82, 2.24) is 10.2 Å². The fourth-order valence-electron chi connectivity index (χ4n) is 1.35. The minimum atomic E-state index is -0.586. The Morgan fingerprint density at radius 3 is 2.95 bits per heavy atom. The van der Waals surface area contributed by atoms with Crippen molar-refractivity contribution >= 4 is 29.1 Å². The fourth-order valence-corrected chi connectivity index (χ4v) is 2.83. The van der Waals surface area contributed by atoms with Gasteiger partial charge in [-0.2, -0.15) is 0 Å². The molecule has 0 unspecified atom stereocenters. The van der Waals surface area contributed by atoms with Gasteiger partial charge in [0.25, 0.3) is 11.1 Å². The van der Waals surface area contributed by atoms with E-state index in [0.717, 1.165) is 4.88 Å². The molecule has 0 saturated carbocycles. The molecule has 0 aliphatic rings. The van der Waals surface area contributed by atoms with Crippen LogP contribution >= 0.6 is 23.1 Å². The summed E-state index contributed by atoms with van der Waals surface area (Å²) < 4.78 is 10.3. The van der Waals surface area contributed by atoms with Gasteiger partial charge in [-0.15, -0.1) is 21.5 Å². The van der Waals surface area contributed by atoms with Gasteiger partial charge in [-0.25, -0.2) is 0 Å². The molecule has 2 aromatic heterocycles. The van der Waals surface area contributed by atoms with Crippen LogP contribution in [0.3, 0.4) is 0 Å². The highest BCUT2D eigenvalue weighted by Gasteiger charge is 2.29. The Balaban J connectivity index is 1.99. The standard InChI is InChI=1S/C12H14N2O3S2/c1-12(2,10(15)16-3)7-19-11-14-13-9(17-11)8-5-4-6-18-8/h4-6H,7H2,1-3H3. The third-order valence-electron chi connectivity index (χ3n) is 2.43. The Hall–Kier alpha value is -1.34. The molecule has 5 nitrogen and oxygen atoms in total. The second kappa shape index (κ2) is 5.75. The zero-order chi connectivity index (χ0) is 13.9. The Bertz CT molecular complexity index is 549. The van der Waals surface area contributed by atoms with Crippen molar-refractivity contribution in [2.75, 3.05) is 12.9 Å². The van der Waals surface area contributed by atoms with Crippen molar-refractivity contribution in [3.63, 3.8) is 0 Å². The monoisotopic (exact) mass is 298 g/mol. The van der Waals surface area contributed by atoms with Crippen LogP contribution in [0, 0.1) is 5.41 Å². The Labute approximate surface area is 119 Å². The van der Waals surface area contributed by atoms with E-state index in [1.807, 2.05) is 31.4 Å². The number of thiophene rings is 1. The lowest BCUT2D eigenvalue weighted by molar-refractivity contribution is -0.149. The van der Waals surface area contributed by atoms with E-state index in [1.54, 1.807) is 11.3 Å². The predicted molar refractivity (Wildman–Crippen MR) is 74.1 cm³/mol. The average Bonchev–Trinajstić information content (AvgIpc) is 3.05. The summed E-state index contributed by atoms with van der Waals surface area (Å²) in [4.78, 5) is 12.5. The number of methoxy groups -OCH3 is 1. The average molecular weight is 298 g/mol. The summed E-state index contributed by atoms with van der Waals surface area (Å²) >= 11 is 2.89. The van der Waals surface area contributed by atoms with Crippen molar-refractivity contribution in [3.05, 3.63) is 17.5 Å². The molecule has 0 aromatic carbocycles. The van der Waals surface area contributed by atoms with Crippen molar-refractivity contribution in [2.45, 2.75) is 19.1 Å². The van der Waals surface area contributed by atoms with E-state index in [-0.39, 0.29) is 5.97 Å². The first-order valence-electron chi connectivity index (χ1n) is 5.61. The summed E-state index contributed by atoms with van der Waals surface area (Å²) in [5.74, 6) is 0.775. The molecule has 0 amide bonds. The maximum absolute atomic E-state index is 11.5. The van der Waals surface area contributed by atoms with E-state index in [0.29, 0.717) is 16.9 Å². The Kier molecular flexibility index (Phi) is 4.26. The number of esters is 1. The molecule has 102 valence electrons. The molecule has 0 spiro atoms. The molecule has 0 aliphatic heterocycles. The Morgan fingerprint density at radius 2 is 2.32 bits per heavy atom. The maximum atomic E-state index is 11.5. The topological polar surface area (TPSA) is 65.2 Å². The van der Waals surface area contributed by atoms with Crippen LogP contribution in [0.5, 0.6) is 0 Å². The number of carbonyl (C=O) groups is 1. The Morgan fingerprint density at radius 1 is 1.53 bits per heavy atom. The summed E-state index contributed by atoms with van der Waals surface area (Å²) in [7, 11) is 1.39. The summed E-state index contributed by atoms with van der Waals surface area (Å²) in [5, 5.41) is 10.4. The van der Waals surface area contributed by atoms with Gasteiger partial charge in [0.05, 0.1) is 17.4 Å². The number of aromatic nitrogens is 2. The van der Waals surface area contributed by atoms with Crippen molar-refractivity contribution in [2.24, 2.45) is 5.41 Å². The number of thioether (sulfide) groups is 1. The lowest BCUT2D eigenvalue weighted by Gasteiger charge is -2.19. The summed E-state index contributed by atoms with van der Waals surface area (Å²) in [6.07, 6.45) is 0. The second-order valence-corrected chi connectivity index (χ2v) is 6.39. The van der Waals surface area contributed by atoms with Gasteiger partial charge >= 0.3 is 5.97 Å². The van der Waals surface area contributed by atoms with Crippen LogP contribution < -0.4 is 0 Å². The minimum Gasteiger partial charge on any atom is -0.469 e. The molecule has 0 N–H and O–H groups in total. The number of hydrogen-bond acceptors (Lipinski definition) is 7. The molecular weight excluding hydrogens is 284 g/mol. The van der Waals surface area contributed by atoms with Crippen LogP contribution in [0.25, 0.3) is 10.8 Å². The molecule has 0 radical (unpaired) electrons. The lowest BCUT2D eigenvalue weighted by Crippen LogP contribution is -2.28. The van der Waals surface area contributed by atoms with Crippen LogP contribution in [0.15, 0.2) is 27.2 Å². The van der Waals surface area contributed by atoms with Gasteiger partial charge < -0.3 is 9.15 Å². The van der Waals surface area contributed by atoms with Crippen LogP contribution in [0.1, 0.15) is 13.8 Å². The van der Waals surface area contributed by atoms with E-state index >= 15 is 0 Å². The quantitative estimate of drug-likeness (QED) is 0.624. The van der Waals surface area contributed by atoms with Crippen molar-refractivity contribution in [3.8, 4) is 10.8 Å². The summed E-state index contributed by atoms with van der Waals surface area (Å²) in [5.41, 5.74) is -0.586. The molecule has 2 rings (SSSR count). The van der Waals surface area contributed by atoms with Gasteiger partial charge in [0, 0.05) is 5.75 Å². The van der Waals surface area contributed by atoms with E-state index in [4.69, 9.17) is 9.15 Å². The first-order valence-corrected chi connectivity index (χ1v) is 7.48. The number of rotatable bonds is 5. The highest BCUT2D eigenvalue weighted by atomic mass is 32.2. The first-order chi connectivity index (χ1) is 9.03. The third kappa shape index (κ3) is 3.36. The van der Waals surface area contributed by atoms with Gasteiger partial charge in [0.2, 0.25) is 0 Å². The highest BCUT2D eigenvalue weighted by Crippen LogP contribution is 2.30. The van der Waals surface area contributed by atoms with Gasteiger partial charge in [-0.05, 0) is 25.3 Å². The van der Waals surface area contributed by atoms with E-state index in [9.17, 15) is 4.79 Å². The minimum absolute atomic E-state index is 0.252. The van der Waals surface area contributed by atoms with Crippen LogP contribution in [0.2, 0.25) is 0 Å². The smallest absolute Gasteiger partial charge is 0.312 e. The molecule has 19 heavy (non-hydrogen) atoms. The highest BCUT2D eigenvalue weighted by molar-refractivity contribution is 7.99. The molecule has 0 bridgehead atoms. The van der Waals surface area contributed by atoms with E-state index in [1.165, 1.54) is 18.9 Å². The molecule has 7 heteroatoms.